The minimum atomic E-state index is -0.0522. The van der Waals surface area contributed by atoms with E-state index in [1.807, 2.05) is 6.92 Å². The highest BCUT2D eigenvalue weighted by Gasteiger charge is 1.98. The molecule has 0 fully saturated rings. The maximum absolute atomic E-state index is 10.8. The van der Waals surface area contributed by atoms with Crippen molar-refractivity contribution in [1.82, 2.24) is 0 Å². The molecule has 2 nitrogen and oxygen atoms in total. The van der Waals surface area contributed by atoms with Crippen LogP contribution in [0.3, 0.4) is 0 Å². The minimum Gasteiger partial charge on any atom is -0.466 e. The van der Waals surface area contributed by atoms with Crippen LogP contribution in [0.2, 0.25) is 0 Å². The van der Waals surface area contributed by atoms with Crippen molar-refractivity contribution in [3.05, 3.63) is 35.4 Å². The van der Waals surface area contributed by atoms with Crippen LogP contribution in [0.15, 0.2) is 24.3 Å². The molecule has 0 aliphatic heterocycles. The lowest BCUT2D eigenvalue weighted by Gasteiger charge is -2.03. The first-order valence-electron chi connectivity index (χ1n) is 8.23. The highest BCUT2D eigenvalue weighted by atomic mass is 16.5. The smallest absolute Gasteiger partial charge is 0.305 e. The number of esters is 1. The van der Waals surface area contributed by atoms with Crippen LogP contribution in [-0.2, 0) is 9.53 Å². The molecule has 2 heteroatoms. The summed E-state index contributed by atoms with van der Waals surface area (Å²) in [6.07, 6.45) is 4.77. The second-order valence-corrected chi connectivity index (χ2v) is 5.74. The molecular weight excluding hydrogens is 260 g/mol. The van der Waals surface area contributed by atoms with Gasteiger partial charge >= 0.3 is 5.97 Å². The largest absolute Gasteiger partial charge is 0.466 e. The van der Waals surface area contributed by atoms with Gasteiger partial charge in [0.15, 0.2) is 0 Å². The molecule has 0 heterocycles. The van der Waals surface area contributed by atoms with Gasteiger partial charge in [-0.2, -0.15) is 0 Å². The van der Waals surface area contributed by atoms with Crippen LogP contribution in [-0.4, -0.2) is 12.6 Å². The highest BCUT2D eigenvalue weighted by Crippen LogP contribution is 2.13. The lowest BCUT2D eigenvalue weighted by Crippen LogP contribution is -2.04. The van der Waals surface area contributed by atoms with Crippen LogP contribution in [0.1, 0.15) is 76.8 Å². The Morgan fingerprint density at radius 1 is 1.05 bits per heavy atom. The summed E-state index contributed by atoms with van der Waals surface area (Å²) in [6.45, 7) is 11.3. The van der Waals surface area contributed by atoms with E-state index in [4.69, 9.17) is 4.74 Å². The molecule has 0 amide bonds. The van der Waals surface area contributed by atoms with Gasteiger partial charge in [-0.05, 0) is 31.2 Å². The lowest BCUT2D eigenvalue weighted by molar-refractivity contribution is -0.143. The second-order valence-electron chi connectivity index (χ2n) is 5.74. The van der Waals surface area contributed by atoms with Gasteiger partial charge in [-0.1, -0.05) is 70.4 Å². The maximum Gasteiger partial charge on any atom is 0.305 e. The van der Waals surface area contributed by atoms with E-state index in [1.54, 1.807) is 0 Å². The number of carbonyl (C=O) groups is 1. The Balaban J connectivity index is 0.000000382. The van der Waals surface area contributed by atoms with Gasteiger partial charge in [-0.25, -0.2) is 0 Å². The molecular formula is C19H32O2. The molecule has 0 radical (unpaired) electrons. The lowest BCUT2D eigenvalue weighted by atomic mass is 10.0. The average Bonchev–Trinajstić information content (AvgIpc) is 2.45. The predicted molar refractivity (Wildman–Crippen MR) is 90.7 cm³/mol. The van der Waals surface area contributed by atoms with Crippen molar-refractivity contribution < 1.29 is 9.53 Å². The van der Waals surface area contributed by atoms with Crippen LogP contribution in [0.5, 0.6) is 0 Å². The Hall–Kier alpha value is -1.31. The van der Waals surface area contributed by atoms with Gasteiger partial charge in [-0.3, -0.25) is 4.79 Å². The van der Waals surface area contributed by atoms with E-state index in [-0.39, 0.29) is 5.97 Å². The fraction of sp³-hybridized carbons (Fsp3) is 0.632. The molecule has 0 unspecified atom stereocenters. The SMILES string of the molecule is CCCCCOC(=O)CCC.Cc1ccc(C(C)C)cc1. The molecule has 1 aromatic rings. The molecule has 1 rings (SSSR count). The zero-order valence-corrected chi connectivity index (χ0v) is 14.4. The summed E-state index contributed by atoms with van der Waals surface area (Å²) in [7, 11) is 0. The molecule has 0 aromatic heterocycles. The number of aryl methyl sites for hydroxylation is 1. The number of hydrogen-bond acceptors (Lipinski definition) is 2. The van der Waals surface area contributed by atoms with Crippen molar-refractivity contribution in [2.45, 2.75) is 72.6 Å². The summed E-state index contributed by atoms with van der Waals surface area (Å²) in [5.74, 6) is 0.601. The van der Waals surface area contributed by atoms with Gasteiger partial charge in [-0.15, -0.1) is 0 Å². The first kappa shape index (κ1) is 19.7. The number of ether oxygens (including phenoxy) is 1. The Morgan fingerprint density at radius 2 is 1.67 bits per heavy atom. The fourth-order valence-electron chi connectivity index (χ4n) is 1.77. The zero-order chi connectivity index (χ0) is 16.1. The second kappa shape index (κ2) is 12.4. The summed E-state index contributed by atoms with van der Waals surface area (Å²) in [5, 5.41) is 0. The third-order valence-corrected chi connectivity index (χ3v) is 3.21. The molecule has 21 heavy (non-hydrogen) atoms. The molecule has 0 saturated heterocycles. The number of rotatable bonds is 7. The topological polar surface area (TPSA) is 26.3 Å². The van der Waals surface area contributed by atoms with Gasteiger partial charge < -0.3 is 4.74 Å². The fourth-order valence-corrected chi connectivity index (χ4v) is 1.77. The van der Waals surface area contributed by atoms with Gasteiger partial charge in [0.25, 0.3) is 0 Å². The van der Waals surface area contributed by atoms with Crippen LogP contribution < -0.4 is 0 Å². The predicted octanol–water partition coefficient (Wildman–Crippen LogP) is 5.64. The molecule has 0 saturated carbocycles. The first-order valence-corrected chi connectivity index (χ1v) is 8.23. The number of unbranched alkanes of at least 4 members (excludes halogenated alkanes) is 2. The molecule has 0 aliphatic carbocycles. The van der Waals surface area contributed by atoms with E-state index in [2.05, 4.69) is 52.0 Å². The summed E-state index contributed by atoms with van der Waals surface area (Å²) < 4.78 is 4.95. The van der Waals surface area contributed by atoms with Gasteiger partial charge in [0.05, 0.1) is 6.61 Å². The van der Waals surface area contributed by atoms with Gasteiger partial charge in [0, 0.05) is 6.42 Å². The maximum atomic E-state index is 10.8. The van der Waals surface area contributed by atoms with Gasteiger partial charge in [0.1, 0.15) is 0 Å². The monoisotopic (exact) mass is 292 g/mol. The van der Waals surface area contributed by atoms with Crippen LogP contribution in [0.4, 0.5) is 0 Å². The number of carbonyl (C=O) groups excluding carboxylic acids is 1. The van der Waals surface area contributed by atoms with E-state index in [0.717, 1.165) is 19.3 Å². The molecule has 1 aromatic carbocycles. The van der Waals surface area contributed by atoms with Crippen molar-refractivity contribution in [3.63, 3.8) is 0 Å². The van der Waals surface area contributed by atoms with Gasteiger partial charge in [0.2, 0.25) is 0 Å². The van der Waals surface area contributed by atoms with Crippen molar-refractivity contribution in [3.8, 4) is 0 Å². The average molecular weight is 292 g/mol. The number of benzene rings is 1. The third-order valence-electron chi connectivity index (χ3n) is 3.21. The minimum absolute atomic E-state index is 0.0522. The summed E-state index contributed by atoms with van der Waals surface area (Å²) >= 11 is 0. The normalized spacial score (nSPS) is 10.0. The molecule has 0 aliphatic rings. The van der Waals surface area contributed by atoms with E-state index >= 15 is 0 Å². The standard InChI is InChI=1S/C10H14.C9H18O2/c1-8(2)10-6-4-9(3)5-7-10;1-3-5-6-8-11-9(10)7-4-2/h4-8H,1-3H3;3-8H2,1-2H3. The Morgan fingerprint density at radius 3 is 2.14 bits per heavy atom. The highest BCUT2D eigenvalue weighted by molar-refractivity contribution is 5.69. The third kappa shape index (κ3) is 11.1. The zero-order valence-electron chi connectivity index (χ0n) is 14.4. The van der Waals surface area contributed by atoms with Crippen LogP contribution in [0.25, 0.3) is 0 Å². The number of hydrogen-bond donors (Lipinski definition) is 0. The quantitative estimate of drug-likeness (QED) is 0.480. The molecule has 0 spiro atoms. The Kier molecular flexibility index (Phi) is 11.7. The van der Waals surface area contributed by atoms with Crippen molar-refractivity contribution in [2.24, 2.45) is 0 Å². The van der Waals surface area contributed by atoms with E-state index < -0.39 is 0 Å². The molecule has 0 N–H and O–H groups in total. The van der Waals surface area contributed by atoms with E-state index in [9.17, 15) is 4.79 Å². The van der Waals surface area contributed by atoms with E-state index in [0.29, 0.717) is 18.9 Å². The van der Waals surface area contributed by atoms with E-state index in [1.165, 1.54) is 17.5 Å². The summed E-state index contributed by atoms with van der Waals surface area (Å²) in [5.41, 5.74) is 2.76. The van der Waals surface area contributed by atoms with Crippen molar-refractivity contribution in [1.29, 1.82) is 0 Å². The molecule has 0 bridgehead atoms. The first-order chi connectivity index (χ1) is 10.0. The Labute approximate surface area is 130 Å². The molecule has 0 atom stereocenters. The summed E-state index contributed by atoms with van der Waals surface area (Å²) in [4.78, 5) is 10.8. The van der Waals surface area contributed by atoms with Crippen molar-refractivity contribution >= 4 is 5.97 Å². The summed E-state index contributed by atoms with van der Waals surface area (Å²) in [6, 6.07) is 8.71. The Bertz CT molecular complexity index is 366. The van der Waals surface area contributed by atoms with Crippen LogP contribution in [0, 0.1) is 6.92 Å². The van der Waals surface area contributed by atoms with Crippen molar-refractivity contribution in [2.75, 3.05) is 6.61 Å². The van der Waals surface area contributed by atoms with Crippen LogP contribution >= 0.6 is 0 Å². The molecule has 120 valence electrons.